The van der Waals surface area contributed by atoms with E-state index >= 15 is 0 Å². The maximum absolute atomic E-state index is 4.08. The van der Waals surface area contributed by atoms with E-state index in [1.807, 2.05) is 11.7 Å². The lowest BCUT2D eigenvalue weighted by Crippen LogP contribution is -2.15. The van der Waals surface area contributed by atoms with Gasteiger partial charge in [-0.25, -0.2) is 4.68 Å². The minimum Gasteiger partial charge on any atom is -0.248 e. The fraction of sp³-hybridized carbons (Fsp3) is 0.500. The molecule has 0 radical (unpaired) electrons. The molecule has 15 heavy (non-hydrogen) atoms. The van der Waals surface area contributed by atoms with Crippen molar-refractivity contribution in [2.45, 2.75) is 32.6 Å². The van der Waals surface area contributed by atoms with Crippen molar-refractivity contribution in [3.63, 3.8) is 0 Å². The highest BCUT2D eigenvalue weighted by molar-refractivity contribution is 5.75. The van der Waals surface area contributed by atoms with Gasteiger partial charge < -0.3 is 0 Å². The second-order valence-corrected chi connectivity index (χ2v) is 4.65. The number of hydrogen-bond donors (Lipinski definition) is 0. The van der Waals surface area contributed by atoms with Gasteiger partial charge in [0.2, 0.25) is 0 Å². The zero-order valence-electron chi connectivity index (χ0n) is 9.78. The van der Waals surface area contributed by atoms with Gasteiger partial charge in [-0.15, -0.1) is 5.10 Å². The molecule has 1 aromatic heterocycles. The van der Waals surface area contributed by atoms with E-state index in [4.69, 9.17) is 0 Å². The molecule has 0 fully saturated rings. The molecule has 0 N–H and O–H groups in total. The summed E-state index contributed by atoms with van der Waals surface area (Å²) in [6, 6.07) is 6.40. The summed E-state index contributed by atoms with van der Waals surface area (Å²) in [5, 5.41) is 8.09. The Labute approximate surface area is 90.1 Å². The highest BCUT2D eigenvalue weighted by atomic mass is 15.4. The van der Waals surface area contributed by atoms with Crippen molar-refractivity contribution in [3.05, 3.63) is 23.8 Å². The minimum absolute atomic E-state index is 0.221. The van der Waals surface area contributed by atoms with Crippen molar-refractivity contribution >= 4 is 11.0 Å². The molecule has 0 unspecified atom stereocenters. The van der Waals surface area contributed by atoms with E-state index in [9.17, 15) is 0 Å². The first-order valence-corrected chi connectivity index (χ1v) is 5.34. The van der Waals surface area contributed by atoms with Crippen LogP contribution in [0.3, 0.4) is 0 Å². The van der Waals surface area contributed by atoms with Crippen LogP contribution in [0.5, 0.6) is 0 Å². The molecular formula is C12H17N3. The van der Waals surface area contributed by atoms with Crippen LogP contribution < -0.4 is 0 Å². The van der Waals surface area contributed by atoms with Gasteiger partial charge in [0.1, 0.15) is 5.52 Å². The third kappa shape index (κ3) is 1.62. The Morgan fingerprint density at radius 2 is 2.07 bits per heavy atom. The first-order chi connectivity index (χ1) is 7.04. The molecule has 0 saturated heterocycles. The molecule has 0 spiro atoms. The topological polar surface area (TPSA) is 30.7 Å². The van der Waals surface area contributed by atoms with Crippen LogP contribution in [0.2, 0.25) is 0 Å². The molecule has 80 valence electrons. The first kappa shape index (κ1) is 10.1. The van der Waals surface area contributed by atoms with Gasteiger partial charge in [0, 0.05) is 7.05 Å². The van der Waals surface area contributed by atoms with Crippen molar-refractivity contribution < 1.29 is 0 Å². The SMILES string of the molecule is CCC(C)(C)c1ccc2nnn(C)c2c1. The summed E-state index contributed by atoms with van der Waals surface area (Å²) in [6.07, 6.45) is 1.13. The Morgan fingerprint density at radius 1 is 1.33 bits per heavy atom. The fourth-order valence-electron chi connectivity index (χ4n) is 1.66. The summed E-state index contributed by atoms with van der Waals surface area (Å²) in [4.78, 5) is 0. The van der Waals surface area contributed by atoms with E-state index in [1.54, 1.807) is 0 Å². The van der Waals surface area contributed by atoms with Crippen molar-refractivity contribution in [2.24, 2.45) is 7.05 Å². The van der Waals surface area contributed by atoms with Crippen molar-refractivity contribution in [1.29, 1.82) is 0 Å². The van der Waals surface area contributed by atoms with Gasteiger partial charge in [0.05, 0.1) is 5.52 Å². The normalized spacial score (nSPS) is 12.3. The lowest BCUT2D eigenvalue weighted by molar-refractivity contribution is 0.506. The summed E-state index contributed by atoms with van der Waals surface area (Å²) < 4.78 is 1.82. The van der Waals surface area contributed by atoms with Crippen LogP contribution in [0.4, 0.5) is 0 Å². The van der Waals surface area contributed by atoms with Crippen LogP contribution in [-0.2, 0) is 12.5 Å². The Balaban J connectivity index is 2.59. The molecule has 2 aromatic rings. The summed E-state index contributed by atoms with van der Waals surface area (Å²) in [5.74, 6) is 0. The highest BCUT2D eigenvalue weighted by Crippen LogP contribution is 2.28. The van der Waals surface area contributed by atoms with Gasteiger partial charge in [-0.2, -0.15) is 0 Å². The van der Waals surface area contributed by atoms with Gasteiger partial charge in [0.25, 0.3) is 0 Å². The molecular weight excluding hydrogens is 186 g/mol. The molecule has 1 aromatic carbocycles. The van der Waals surface area contributed by atoms with Crippen LogP contribution in [0.15, 0.2) is 18.2 Å². The van der Waals surface area contributed by atoms with Crippen molar-refractivity contribution in [1.82, 2.24) is 15.0 Å². The highest BCUT2D eigenvalue weighted by Gasteiger charge is 2.18. The second kappa shape index (κ2) is 3.33. The summed E-state index contributed by atoms with van der Waals surface area (Å²) in [7, 11) is 1.93. The van der Waals surface area contributed by atoms with E-state index in [0.29, 0.717) is 0 Å². The third-order valence-corrected chi connectivity index (χ3v) is 3.28. The zero-order chi connectivity index (χ0) is 11.1. The van der Waals surface area contributed by atoms with Gasteiger partial charge in [-0.1, -0.05) is 32.1 Å². The number of rotatable bonds is 2. The molecule has 3 nitrogen and oxygen atoms in total. The standard InChI is InChI=1S/C12H17N3/c1-5-12(2,3)9-6-7-10-11(8-9)15(4)14-13-10/h6-8H,5H2,1-4H3. The molecule has 0 bridgehead atoms. The number of aryl methyl sites for hydroxylation is 1. The Hall–Kier alpha value is -1.38. The van der Waals surface area contributed by atoms with E-state index in [1.165, 1.54) is 5.56 Å². The molecule has 0 atom stereocenters. The predicted octanol–water partition coefficient (Wildman–Crippen LogP) is 2.66. The quantitative estimate of drug-likeness (QED) is 0.751. The zero-order valence-corrected chi connectivity index (χ0v) is 9.78. The van der Waals surface area contributed by atoms with E-state index in [0.717, 1.165) is 17.5 Å². The number of hydrogen-bond acceptors (Lipinski definition) is 2. The maximum Gasteiger partial charge on any atom is 0.113 e. The Bertz CT molecular complexity index is 483. The molecule has 0 aliphatic rings. The third-order valence-electron chi connectivity index (χ3n) is 3.28. The average molecular weight is 203 g/mol. The van der Waals surface area contributed by atoms with Crippen LogP contribution in [-0.4, -0.2) is 15.0 Å². The summed E-state index contributed by atoms with van der Waals surface area (Å²) in [6.45, 7) is 6.74. The largest absolute Gasteiger partial charge is 0.248 e. The number of nitrogens with zero attached hydrogens (tertiary/aromatic N) is 3. The molecule has 0 saturated carbocycles. The Morgan fingerprint density at radius 3 is 2.73 bits per heavy atom. The van der Waals surface area contributed by atoms with E-state index < -0.39 is 0 Å². The number of benzene rings is 1. The summed E-state index contributed by atoms with van der Waals surface area (Å²) in [5.41, 5.74) is 3.64. The van der Waals surface area contributed by atoms with Gasteiger partial charge in [-0.3, -0.25) is 0 Å². The number of fused-ring (bicyclic) bond motifs is 1. The molecule has 0 aliphatic heterocycles. The van der Waals surface area contributed by atoms with Gasteiger partial charge >= 0.3 is 0 Å². The smallest absolute Gasteiger partial charge is 0.113 e. The number of aromatic nitrogens is 3. The van der Waals surface area contributed by atoms with Crippen LogP contribution >= 0.6 is 0 Å². The second-order valence-electron chi connectivity index (χ2n) is 4.65. The van der Waals surface area contributed by atoms with Crippen molar-refractivity contribution in [3.8, 4) is 0 Å². The van der Waals surface area contributed by atoms with Crippen LogP contribution in [0, 0.1) is 0 Å². The lowest BCUT2D eigenvalue weighted by atomic mass is 9.82. The predicted molar refractivity (Wildman–Crippen MR) is 61.8 cm³/mol. The average Bonchev–Trinajstić information content (AvgIpc) is 2.60. The molecule has 2 rings (SSSR count). The molecule has 0 aliphatic carbocycles. The fourth-order valence-corrected chi connectivity index (χ4v) is 1.66. The van der Waals surface area contributed by atoms with Gasteiger partial charge in [0.15, 0.2) is 0 Å². The molecule has 0 amide bonds. The maximum atomic E-state index is 4.08. The van der Waals surface area contributed by atoms with E-state index in [-0.39, 0.29) is 5.41 Å². The lowest BCUT2D eigenvalue weighted by Gasteiger charge is -2.23. The molecule has 3 heteroatoms. The van der Waals surface area contributed by atoms with Crippen LogP contribution in [0.25, 0.3) is 11.0 Å². The monoisotopic (exact) mass is 203 g/mol. The minimum atomic E-state index is 0.221. The Kier molecular flexibility index (Phi) is 2.25. The molecule has 1 heterocycles. The van der Waals surface area contributed by atoms with E-state index in [2.05, 4.69) is 49.3 Å². The van der Waals surface area contributed by atoms with Crippen LogP contribution in [0.1, 0.15) is 32.8 Å². The van der Waals surface area contributed by atoms with Gasteiger partial charge in [-0.05, 0) is 29.5 Å². The first-order valence-electron chi connectivity index (χ1n) is 5.34. The summed E-state index contributed by atoms with van der Waals surface area (Å²) >= 11 is 0. The van der Waals surface area contributed by atoms with Crippen molar-refractivity contribution in [2.75, 3.05) is 0 Å².